The smallest absolute Gasteiger partial charge is 0.329 e. The van der Waals surface area contributed by atoms with Crippen LogP contribution in [0.15, 0.2) is 0 Å². The van der Waals surface area contributed by atoms with Gasteiger partial charge >= 0.3 is 6.01 Å². The second-order valence-electron chi connectivity index (χ2n) is 2.53. The molecular formula is C6H9ClN2OS. The Kier molecular flexibility index (Phi) is 3.08. The van der Waals surface area contributed by atoms with Gasteiger partial charge in [-0.1, -0.05) is 13.8 Å². The van der Waals surface area contributed by atoms with Crippen molar-refractivity contribution in [3.05, 3.63) is 4.47 Å². The minimum atomic E-state index is 0.383. The number of ether oxygens (including phenoxy) is 1. The number of hydrogen-bond donors (Lipinski definition) is 0. The fourth-order valence-electron chi connectivity index (χ4n) is 0.493. The molecule has 0 aromatic carbocycles. The Morgan fingerprint density at radius 3 is 2.82 bits per heavy atom. The molecule has 0 aliphatic heterocycles. The Morgan fingerprint density at radius 2 is 2.36 bits per heavy atom. The first-order chi connectivity index (χ1) is 5.18. The molecule has 1 heterocycles. The van der Waals surface area contributed by atoms with Gasteiger partial charge < -0.3 is 4.74 Å². The van der Waals surface area contributed by atoms with E-state index in [1.54, 1.807) is 0 Å². The standard InChI is InChI=1S/C6H9ClN2OS/c1-4(2)3-10-6-8-5(7)11-9-6/h4H,3H2,1-2H3. The van der Waals surface area contributed by atoms with Crippen LogP contribution in [0.3, 0.4) is 0 Å². The highest BCUT2D eigenvalue weighted by atomic mass is 35.5. The molecule has 5 heteroatoms. The van der Waals surface area contributed by atoms with Crippen LogP contribution in [0.5, 0.6) is 6.01 Å². The van der Waals surface area contributed by atoms with Crippen molar-refractivity contribution in [3.63, 3.8) is 0 Å². The van der Waals surface area contributed by atoms with Gasteiger partial charge in [0, 0.05) is 11.5 Å². The van der Waals surface area contributed by atoms with Crippen molar-refractivity contribution in [3.8, 4) is 6.01 Å². The molecule has 0 aliphatic carbocycles. The van der Waals surface area contributed by atoms with Gasteiger partial charge in [-0.2, -0.15) is 4.98 Å². The molecular weight excluding hydrogens is 184 g/mol. The molecule has 1 aromatic rings. The van der Waals surface area contributed by atoms with Crippen molar-refractivity contribution in [1.82, 2.24) is 9.36 Å². The molecule has 1 rings (SSSR count). The molecule has 0 atom stereocenters. The summed E-state index contributed by atoms with van der Waals surface area (Å²) in [4.78, 5) is 3.83. The maximum atomic E-state index is 5.54. The van der Waals surface area contributed by atoms with E-state index in [1.807, 2.05) is 0 Å². The Labute approximate surface area is 74.5 Å². The fourth-order valence-corrected chi connectivity index (χ4v) is 1.03. The van der Waals surface area contributed by atoms with Crippen LogP contribution in [-0.2, 0) is 0 Å². The second kappa shape index (κ2) is 3.88. The van der Waals surface area contributed by atoms with E-state index in [0.29, 0.717) is 23.0 Å². The third-order valence-electron chi connectivity index (χ3n) is 0.928. The summed E-state index contributed by atoms with van der Waals surface area (Å²) in [6.07, 6.45) is 0. The zero-order valence-corrected chi connectivity index (χ0v) is 7.95. The van der Waals surface area contributed by atoms with Crippen LogP contribution < -0.4 is 4.74 Å². The van der Waals surface area contributed by atoms with Crippen molar-refractivity contribution in [1.29, 1.82) is 0 Å². The molecule has 0 unspecified atom stereocenters. The van der Waals surface area contributed by atoms with E-state index in [9.17, 15) is 0 Å². The van der Waals surface area contributed by atoms with Crippen LogP contribution in [0.2, 0.25) is 4.47 Å². The van der Waals surface area contributed by atoms with Crippen LogP contribution >= 0.6 is 23.1 Å². The zero-order chi connectivity index (χ0) is 8.27. The third-order valence-corrected chi connectivity index (χ3v) is 1.71. The quantitative estimate of drug-likeness (QED) is 0.737. The third kappa shape index (κ3) is 3.03. The van der Waals surface area contributed by atoms with Gasteiger partial charge in [-0.05, 0) is 17.5 Å². The van der Waals surface area contributed by atoms with Crippen LogP contribution in [0.4, 0.5) is 0 Å². The minimum Gasteiger partial charge on any atom is -0.463 e. The van der Waals surface area contributed by atoms with Gasteiger partial charge in [0.05, 0.1) is 6.61 Å². The maximum Gasteiger partial charge on any atom is 0.329 e. The summed E-state index contributed by atoms with van der Waals surface area (Å²) in [7, 11) is 0. The van der Waals surface area contributed by atoms with E-state index in [-0.39, 0.29) is 0 Å². The normalized spacial score (nSPS) is 10.5. The summed E-state index contributed by atoms with van der Waals surface area (Å²) in [5, 5.41) is 0. The molecule has 0 fully saturated rings. The van der Waals surface area contributed by atoms with Crippen molar-refractivity contribution in [2.75, 3.05) is 6.61 Å². The maximum absolute atomic E-state index is 5.54. The van der Waals surface area contributed by atoms with Gasteiger partial charge in [0.15, 0.2) is 0 Å². The molecule has 0 spiro atoms. The molecule has 11 heavy (non-hydrogen) atoms. The Bertz CT molecular complexity index is 226. The lowest BCUT2D eigenvalue weighted by molar-refractivity contribution is 0.254. The van der Waals surface area contributed by atoms with Crippen molar-refractivity contribution in [2.24, 2.45) is 5.92 Å². The molecule has 0 saturated heterocycles. The molecule has 0 aliphatic rings. The Hall–Kier alpha value is -0.350. The van der Waals surface area contributed by atoms with Gasteiger partial charge in [-0.25, -0.2) is 0 Å². The van der Waals surface area contributed by atoms with Crippen LogP contribution in [-0.4, -0.2) is 16.0 Å². The number of halogens is 1. The Balaban J connectivity index is 2.39. The SMILES string of the molecule is CC(C)COc1nsc(Cl)n1. The predicted octanol–water partition coefficient (Wildman–Crippen LogP) is 2.23. The van der Waals surface area contributed by atoms with E-state index in [0.717, 1.165) is 11.5 Å². The van der Waals surface area contributed by atoms with E-state index in [2.05, 4.69) is 23.2 Å². The average molecular weight is 193 g/mol. The van der Waals surface area contributed by atoms with Crippen LogP contribution in [0, 0.1) is 5.92 Å². The molecule has 0 N–H and O–H groups in total. The summed E-state index contributed by atoms with van der Waals surface area (Å²) < 4.78 is 9.48. The van der Waals surface area contributed by atoms with E-state index in [4.69, 9.17) is 16.3 Å². The van der Waals surface area contributed by atoms with Crippen LogP contribution in [0.25, 0.3) is 0 Å². The Morgan fingerprint density at radius 1 is 1.64 bits per heavy atom. The fraction of sp³-hybridized carbons (Fsp3) is 0.667. The molecule has 3 nitrogen and oxygen atoms in total. The number of hydrogen-bond acceptors (Lipinski definition) is 4. The van der Waals surface area contributed by atoms with Gasteiger partial charge in [0.25, 0.3) is 0 Å². The van der Waals surface area contributed by atoms with Crippen molar-refractivity contribution in [2.45, 2.75) is 13.8 Å². The number of nitrogens with zero attached hydrogens (tertiary/aromatic N) is 2. The van der Waals surface area contributed by atoms with E-state index in [1.165, 1.54) is 0 Å². The molecule has 0 bridgehead atoms. The number of aromatic nitrogens is 2. The predicted molar refractivity (Wildman–Crippen MR) is 45.3 cm³/mol. The first-order valence-corrected chi connectivity index (χ1v) is 4.45. The molecule has 62 valence electrons. The first-order valence-electron chi connectivity index (χ1n) is 3.30. The van der Waals surface area contributed by atoms with Gasteiger partial charge in [-0.15, -0.1) is 4.37 Å². The second-order valence-corrected chi connectivity index (χ2v) is 3.87. The van der Waals surface area contributed by atoms with E-state index >= 15 is 0 Å². The molecule has 1 aromatic heterocycles. The first kappa shape index (κ1) is 8.74. The highest BCUT2D eigenvalue weighted by molar-refractivity contribution is 7.10. The average Bonchev–Trinajstić information content (AvgIpc) is 2.31. The highest BCUT2D eigenvalue weighted by Gasteiger charge is 2.02. The van der Waals surface area contributed by atoms with Crippen molar-refractivity contribution < 1.29 is 4.74 Å². The molecule has 0 radical (unpaired) electrons. The lowest BCUT2D eigenvalue weighted by Crippen LogP contribution is -2.05. The van der Waals surface area contributed by atoms with Gasteiger partial charge in [-0.3, -0.25) is 0 Å². The monoisotopic (exact) mass is 192 g/mol. The summed E-state index contributed by atoms with van der Waals surface area (Å²) in [6.45, 7) is 4.76. The summed E-state index contributed by atoms with van der Waals surface area (Å²) >= 11 is 6.68. The van der Waals surface area contributed by atoms with Crippen LogP contribution in [0.1, 0.15) is 13.8 Å². The lowest BCUT2D eigenvalue weighted by atomic mass is 10.2. The largest absolute Gasteiger partial charge is 0.463 e. The number of rotatable bonds is 3. The summed E-state index contributed by atoms with van der Waals surface area (Å²) in [5.74, 6) is 0.484. The zero-order valence-electron chi connectivity index (χ0n) is 6.37. The highest BCUT2D eigenvalue weighted by Crippen LogP contribution is 2.15. The molecule has 0 saturated carbocycles. The summed E-state index contributed by atoms with van der Waals surface area (Å²) in [5.41, 5.74) is 0. The van der Waals surface area contributed by atoms with E-state index < -0.39 is 0 Å². The topological polar surface area (TPSA) is 35.0 Å². The lowest BCUT2D eigenvalue weighted by Gasteiger charge is -2.02. The summed E-state index contributed by atoms with van der Waals surface area (Å²) in [6, 6.07) is 0.383. The molecule has 0 amide bonds. The van der Waals surface area contributed by atoms with Gasteiger partial charge in [0.1, 0.15) is 0 Å². The van der Waals surface area contributed by atoms with Gasteiger partial charge in [0.2, 0.25) is 4.47 Å². The minimum absolute atomic E-state index is 0.383. The van der Waals surface area contributed by atoms with Crippen molar-refractivity contribution >= 4 is 23.1 Å².